The number of aromatic nitrogens is 4. The lowest BCUT2D eigenvalue weighted by Crippen LogP contribution is -2.62. The third-order valence-electron chi connectivity index (χ3n) is 6.10. The fourth-order valence-electron chi connectivity index (χ4n) is 4.45. The van der Waals surface area contributed by atoms with Crippen LogP contribution >= 0.6 is 0 Å². The number of carbonyl (C=O) groups excluding carboxylic acids is 4. The van der Waals surface area contributed by atoms with Crippen molar-refractivity contribution in [3.63, 3.8) is 0 Å². The zero-order valence-electron chi connectivity index (χ0n) is 24.0. The van der Waals surface area contributed by atoms with E-state index >= 15 is 0 Å². The standard InChI is InChI=1S/C28H32N4O11/c1-16(33)38-15-23-25(40-17(2)34)26(41-18(3)35)27(42-19(4)36)28(43-23)39-14-21-13-32(31-30-21)11-12-37-22-9-5-7-20-8-6-10-29-24(20)22/h5-10,13,23,25-28H,11-12,14-15H2,1-4H3/t23-,25-,26+,27-,28-/m1/s1. The van der Waals surface area contributed by atoms with E-state index in [9.17, 15) is 19.2 Å². The van der Waals surface area contributed by atoms with Crippen molar-refractivity contribution in [2.24, 2.45) is 0 Å². The molecule has 0 bridgehead atoms. The van der Waals surface area contributed by atoms with Gasteiger partial charge in [0, 0.05) is 39.3 Å². The first-order chi connectivity index (χ1) is 20.6. The average molecular weight is 601 g/mol. The Hall–Kier alpha value is -4.63. The van der Waals surface area contributed by atoms with Gasteiger partial charge >= 0.3 is 23.9 Å². The largest absolute Gasteiger partial charge is 0.489 e. The van der Waals surface area contributed by atoms with E-state index in [1.165, 1.54) is 6.92 Å². The van der Waals surface area contributed by atoms with Gasteiger partial charge in [-0.05, 0) is 12.1 Å². The number of esters is 4. The van der Waals surface area contributed by atoms with Gasteiger partial charge in [0.2, 0.25) is 0 Å². The second-order valence-corrected chi connectivity index (χ2v) is 9.53. The van der Waals surface area contributed by atoms with Gasteiger partial charge in [-0.15, -0.1) is 5.10 Å². The minimum atomic E-state index is -1.34. The molecule has 0 N–H and O–H groups in total. The first-order valence-corrected chi connectivity index (χ1v) is 13.4. The maximum absolute atomic E-state index is 12.0. The molecule has 1 aliphatic heterocycles. The van der Waals surface area contributed by atoms with Crippen LogP contribution in [0.1, 0.15) is 33.4 Å². The Morgan fingerprint density at radius 1 is 0.884 bits per heavy atom. The normalized spacial score (nSPS) is 21.5. The number of fused-ring (bicyclic) bond motifs is 1. The van der Waals surface area contributed by atoms with Crippen LogP contribution < -0.4 is 4.74 Å². The number of rotatable bonds is 12. The maximum atomic E-state index is 12.0. The van der Waals surface area contributed by atoms with Gasteiger partial charge in [0.15, 0.2) is 24.6 Å². The predicted molar refractivity (Wildman–Crippen MR) is 144 cm³/mol. The lowest BCUT2D eigenvalue weighted by atomic mass is 9.98. The Morgan fingerprint density at radius 2 is 1.58 bits per heavy atom. The van der Waals surface area contributed by atoms with E-state index in [-0.39, 0.29) is 13.2 Å². The highest BCUT2D eigenvalue weighted by molar-refractivity contribution is 5.84. The Kier molecular flexibility index (Phi) is 10.6. The van der Waals surface area contributed by atoms with Crippen molar-refractivity contribution in [2.45, 2.75) is 71.6 Å². The molecule has 0 unspecified atom stereocenters. The van der Waals surface area contributed by atoms with Gasteiger partial charge in [0.05, 0.1) is 19.3 Å². The highest BCUT2D eigenvalue weighted by Gasteiger charge is 2.52. The van der Waals surface area contributed by atoms with Crippen molar-refractivity contribution in [2.75, 3.05) is 13.2 Å². The van der Waals surface area contributed by atoms with Crippen LogP contribution in [0.3, 0.4) is 0 Å². The molecule has 0 radical (unpaired) electrons. The maximum Gasteiger partial charge on any atom is 0.303 e. The molecule has 1 aromatic carbocycles. The lowest BCUT2D eigenvalue weighted by Gasteiger charge is -2.43. The molecule has 1 fully saturated rings. The van der Waals surface area contributed by atoms with E-state index in [2.05, 4.69) is 15.3 Å². The summed E-state index contributed by atoms with van der Waals surface area (Å²) in [5.74, 6) is -2.17. The summed E-state index contributed by atoms with van der Waals surface area (Å²) in [5.41, 5.74) is 1.15. The highest BCUT2D eigenvalue weighted by Crippen LogP contribution is 2.30. The lowest BCUT2D eigenvalue weighted by molar-refractivity contribution is -0.310. The van der Waals surface area contributed by atoms with Gasteiger partial charge in [0.25, 0.3) is 0 Å². The third kappa shape index (κ3) is 8.68. The van der Waals surface area contributed by atoms with E-state index in [4.69, 9.17) is 33.2 Å². The highest BCUT2D eigenvalue weighted by atomic mass is 16.7. The van der Waals surface area contributed by atoms with E-state index in [1.807, 2.05) is 30.3 Å². The minimum absolute atomic E-state index is 0.151. The van der Waals surface area contributed by atoms with Gasteiger partial charge in [-0.1, -0.05) is 23.4 Å². The molecule has 1 aliphatic rings. The molecule has 0 spiro atoms. The molecule has 3 aromatic rings. The summed E-state index contributed by atoms with van der Waals surface area (Å²) in [6.45, 7) is 4.77. The molecule has 3 heterocycles. The number of benzene rings is 1. The number of carbonyl (C=O) groups is 4. The van der Waals surface area contributed by atoms with Crippen molar-refractivity contribution >= 4 is 34.8 Å². The van der Waals surface area contributed by atoms with Crippen molar-refractivity contribution in [3.8, 4) is 5.75 Å². The van der Waals surface area contributed by atoms with Crippen LogP contribution in [-0.2, 0) is 60.8 Å². The van der Waals surface area contributed by atoms with Crippen LogP contribution in [-0.4, -0.2) is 87.8 Å². The molecule has 0 aliphatic carbocycles. The second kappa shape index (κ2) is 14.5. The molecule has 1 saturated heterocycles. The summed E-state index contributed by atoms with van der Waals surface area (Å²) in [4.78, 5) is 51.7. The van der Waals surface area contributed by atoms with Crippen molar-refractivity contribution < 1.29 is 52.3 Å². The molecular formula is C28H32N4O11. The second-order valence-electron chi connectivity index (χ2n) is 9.53. The zero-order chi connectivity index (χ0) is 30.9. The zero-order valence-corrected chi connectivity index (χ0v) is 24.0. The van der Waals surface area contributed by atoms with Crippen LogP contribution in [0, 0.1) is 0 Å². The number of hydrogen-bond acceptors (Lipinski definition) is 14. The Morgan fingerprint density at radius 3 is 2.30 bits per heavy atom. The van der Waals surface area contributed by atoms with Gasteiger partial charge in [0.1, 0.15) is 36.3 Å². The Labute approximate surface area is 246 Å². The van der Waals surface area contributed by atoms with Gasteiger partial charge in [-0.3, -0.25) is 24.2 Å². The molecule has 0 saturated carbocycles. The number of hydrogen-bond donors (Lipinski definition) is 0. The first-order valence-electron chi connectivity index (χ1n) is 13.4. The number of ether oxygens (including phenoxy) is 7. The van der Waals surface area contributed by atoms with Crippen molar-refractivity contribution in [1.82, 2.24) is 20.0 Å². The molecule has 5 atom stereocenters. The van der Waals surface area contributed by atoms with Crippen LogP contribution in [0.5, 0.6) is 5.75 Å². The predicted octanol–water partition coefficient (Wildman–Crippen LogP) is 1.50. The summed E-state index contributed by atoms with van der Waals surface area (Å²) < 4.78 is 40.5. The molecule has 15 heteroatoms. The Bertz CT molecular complexity index is 1440. The number of para-hydroxylation sites is 1. The quantitative estimate of drug-likeness (QED) is 0.216. The van der Waals surface area contributed by atoms with Crippen LogP contribution in [0.15, 0.2) is 42.7 Å². The molecule has 2 aromatic heterocycles. The van der Waals surface area contributed by atoms with Gasteiger partial charge in [-0.25, -0.2) is 4.68 Å². The summed E-state index contributed by atoms with van der Waals surface area (Å²) in [6.07, 6.45) is -3.06. The average Bonchev–Trinajstić information content (AvgIpc) is 3.40. The molecule has 43 heavy (non-hydrogen) atoms. The van der Waals surface area contributed by atoms with E-state index in [0.29, 0.717) is 24.6 Å². The summed E-state index contributed by atoms with van der Waals surface area (Å²) in [6, 6.07) is 9.48. The van der Waals surface area contributed by atoms with Crippen LogP contribution in [0.25, 0.3) is 10.9 Å². The van der Waals surface area contributed by atoms with Crippen LogP contribution in [0.2, 0.25) is 0 Å². The van der Waals surface area contributed by atoms with E-state index < -0.39 is 54.6 Å². The van der Waals surface area contributed by atoms with Gasteiger partial charge < -0.3 is 33.2 Å². The minimum Gasteiger partial charge on any atom is -0.489 e. The van der Waals surface area contributed by atoms with Crippen molar-refractivity contribution in [3.05, 3.63) is 48.4 Å². The summed E-state index contributed by atoms with van der Waals surface area (Å²) >= 11 is 0. The van der Waals surface area contributed by atoms with E-state index in [1.54, 1.807) is 17.1 Å². The molecule has 15 nitrogen and oxygen atoms in total. The van der Waals surface area contributed by atoms with E-state index in [0.717, 1.165) is 31.7 Å². The first kappa shape index (κ1) is 31.3. The SMILES string of the molecule is CC(=O)OC[C@H]1O[C@@H](OCc2cn(CCOc3cccc4cccnc34)nn2)[C@H](OC(C)=O)[C@@H](OC(C)=O)[C@@H]1OC(C)=O. The molecular weight excluding hydrogens is 568 g/mol. The van der Waals surface area contributed by atoms with Gasteiger partial charge in [-0.2, -0.15) is 0 Å². The number of pyridine rings is 1. The molecule has 0 amide bonds. The smallest absolute Gasteiger partial charge is 0.303 e. The fraction of sp³-hybridized carbons (Fsp3) is 0.464. The number of nitrogens with zero attached hydrogens (tertiary/aromatic N) is 4. The third-order valence-corrected chi connectivity index (χ3v) is 6.10. The summed E-state index contributed by atoms with van der Waals surface area (Å²) in [7, 11) is 0. The molecule has 4 rings (SSSR count). The van der Waals surface area contributed by atoms with Crippen LogP contribution in [0.4, 0.5) is 0 Å². The van der Waals surface area contributed by atoms with Crippen molar-refractivity contribution in [1.29, 1.82) is 0 Å². The Balaban J connectivity index is 1.44. The summed E-state index contributed by atoms with van der Waals surface area (Å²) in [5, 5.41) is 9.14. The molecule has 230 valence electrons. The monoisotopic (exact) mass is 600 g/mol. The fourth-order valence-corrected chi connectivity index (χ4v) is 4.45. The topological polar surface area (TPSA) is 176 Å².